The van der Waals surface area contributed by atoms with Crippen molar-refractivity contribution in [1.29, 1.82) is 0 Å². The molecule has 0 aliphatic rings. The van der Waals surface area contributed by atoms with Gasteiger partial charge in [0.25, 0.3) is 5.91 Å². The number of carbonyl (C=O) groups excluding carboxylic acids is 1. The number of rotatable bonds is 3. The summed E-state index contributed by atoms with van der Waals surface area (Å²) < 4.78 is 0. The zero-order valence-corrected chi connectivity index (χ0v) is 5.03. The zero-order valence-electron chi connectivity index (χ0n) is 5.03. The van der Waals surface area contributed by atoms with Crippen LogP contribution >= 0.6 is 0 Å². The molecule has 2 nitrogen and oxygen atoms in total. The SMILES string of the molecule is C=C(CCC)C([NH])=O. The van der Waals surface area contributed by atoms with Gasteiger partial charge in [-0.05, 0) is 6.42 Å². The van der Waals surface area contributed by atoms with Gasteiger partial charge in [-0.2, -0.15) is 0 Å². The first-order chi connectivity index (χ1) is 3.68. The molecule has 0 fully saturated rings. The molecule has 0 spiro atoms. The zero-order chi connectivity index (χ0) is 6.57. The van der Waals surface area contributed by atoms with Crippen molar-refractivity contribution in [3.63, 3.8) is 0 Å². The van der Waals surface area contributed by atoms with E-state index in [1.54, 1.807) is 0 Å². The van der Waals surface area contributed by atoms with Gasteiger partial charge in [0, 0.05) is 5.57 Å². The molecule has 2 heteroatoms. The first-order valence-corrected chi connectivity index (χ1v) is 2.62. The van der Waals surface area contributed by atoms with Crippen molar-refractivity contribution in [2.45, 2.75) is 19.8 Å². The summed E-state index contributed by atoms with van der Waals surface area (Å²) in [7, 11) is 0. The molecule has 0 aliphatic carbocycles. The minimum absolute atomic E-state index is 0.410. The molecule has 0 aromatic rings. The van der Waals surface area contributed by atoms with Crippen molar-refractivity contribution in [3.8, 4) is 0 Å². The molecule has 0 aliphatic heterocycles. The molecule has 45 valence electrons. The molecule has 1 N–H and O–H groups in total. The molecule has 1 amide bonds. The normalized spacial score (nSPS) is 8.62. The van der Waals surface area contributed by atoms with Crippen LogP contribution < -0.4 is 5.73 Å². The maximum Gasteiger partial charge on any atom is 0.265 e. The second-order valence-corrected chi connectivity index (χ2v) is 1.68. The van der Waals surface area contributed by atoms with Gasteiger partial charge < -0.3 is 0 Å². The summed E-state index contributed by atoms with van der Waals surface area (Å²) in [6, 6.07) is 0. The first-order valence-electron chi connectivity index (χ1n) is 2.62. The van der Waals surface area contributed by atoms with E-state index >= 15 is 0 Å². The fourth-order valence-electron chi connectivity index (χ4n) is 0.415. The van der Waals surface area contributed by atoms with Crippen molar-refractivity contribution in [2.75, 3.05) is 0 Å². The third kappa shape index (κ3) is 2.39. The van der Waals surface area contributed by atoms with E-state index in [1.165, 1.54) is 0 Å². The third-order valence-corrected chi connectivity index (χ3v) is 0.873. The topological polar surface area (TPSA) is 40.9 Å². The van der Waals surface area contributed by atoms with E-state index in [4.69, 9.17) is 5.73 Å². The average molecular weight is 112 g/mol. The van der Waals surface area contributed by atoms with Crippen LogP contribution in [0.1, 0.15) is 19.8 Å². The highest BCUT2D eigenvalue weighted by Gasteiger charge is 1.97. The number of hydrogen-bond acceptors (Lipinski definition) is 1. The Kier molecular flexibility index (Phi) is 2.92. The third-order valence-electron chi connectivity index (χ3n) is 0.873. The van der Waals surface area contributed by atoms with E-state index in [0.29, 0.717) is 12.0 Å². The highest BCUT2D eigenvalue weighted by atomic mass is 16.1. The Morgan fingerprint density at radius 2 is 2.25 bits per heavy atom. The summed E-state index contributed by atoms with van der Waals surface area (Å²) >= 11 is 0. The average Bonchev–Trinajstić information content (AvgIpc) is 1.67. The molecule has 0 heterocycles. The standard InChI is InChI=1S/C6H10NO/c1-3-4-5(2)6(7)8/h7H,2-4H2,1H3. The summed E-state index contributed by atoms with van der Waals surface area (Å²) in [5.74, 6) is -0.633. The molecule has 0 saturated heterocycles. The van der Waals surface area contributed by atoms with Crippen molar-refractivity contribution >= 4 is 5.91 Å². The van der Waals surface area contributed by atoms with Crippen LogP contribution in [-0.4, -0.2) is 5.91 Å². The number of nitrogens with one attached hydrogen (secondary N) is 1. The second-order valence-electron chi connectivity index (χ2n) is 1.68. The predicted octanol–water partition coefficient (Wildman–Crippen LogP) is 1.15. The van der Waals surface area contributed by atoms with E-state index in [1.807, 2.05) is 6.92 Å². The van der Waals surface area contributed by atoms with Crippen LogP contribution in [0.2, 0.25) is 0 Å². The molecule has 0 aromatic heterocycles. The smallest absolute Gasteiger partial charge is 0.265 e. The van der Waals surface area contributed by atoms with Crippen molar-refractivity contribution < 1.29 is 4.79 Å². The lowest BCUT2D eigenvalue weighted by atomic mass is 10.2. The monoisotopic (exact) mass is 112 g/mol. The minimum Gasteiger partial charge on any atom is -0.268 e. The number of hydrogen-bond donors (Lipinski definition) is 0. The predicted molar refractivity (Wildman–Crippen MR) is 32.2 cm³/mol. The highest BCUT2D eigenvalue weighted by molar-refractivity contribution is 5.90. The molecular formula is C6H10NO. The summed E-state index contributed by atoms with van der Waals surface area (Å²) in [6.07, 6.45) is 1.55. The van der Waals surface area contributed by atoms with Crippen molar-refractivity contribution in [1.82, 2.24) is 5.73 Å². The van der Waals surface area contributed by atoms with Crippen LogP contribution in [0.3, 0.4) is 0 Å². The summed E-state index contributed by atoms with van der Waals surface area (Å²) in [6.45, 7) is 5.36. The fourth-order valence-corrected chi connectivity index (χ4v) is 0.415. The molecule has 0 atom stereocenters. The van der Waals surface area contributed by atoms with Gasteiger partial charge in [-0.1, -0.05) is 19.9 Å². The van der Waals surface area contributed by atoms with Crippen molar-refractivity contribution in [3.05, 3.63) is 12.2 Å². The highest BCUT2D eigenvalue weighted by Crippen LogP contribution is 1.99. The summed E-state index contributed by atoms with van der Waals surface area (Å²) in [4.78, 5) is 10.1. The second kappa shape index (κ2) is 3.24. The molecule has 0 rings (SSSR count). The van der Waals surface area contributed by atoms with Crippen molar-refractivity contribution in [2.24, 2.45) is 0 Å². The largest absolute Gasteiger partial charge is 0.268 e. The van der Waals surface area contributed by atoms with E-state index < -0.39 is 5.91 Å². The molecule has 0 bridgehead atoms. The lowest BCUT2D eigenvalue weighted by molar-refractivity contribution is -0.115. The molecule has 1 radical (unpaired) electrons. The van der Waals surface area contributed by atoms with Crippen LogP contribution in [0.15, 0.2) is 12.2 Å². The van der Waals surface area contributed by atoms with Gasteiger partial charge in [0.05, 0.1) is 0 Å². The maximum absolute atomic E-state index is 10.1. The summed E-state index contributed by atoms with van der Waals surface area (Å²) in [5, 5.41) is 0. The van der Waals surface area contributed by atoms with Gasteiger partial charge in [0.1, 0.15) is 0 Å². The van der Waals surface area contributed by atoms with Gasteiger partial charge in [-0.25, -0.2) is 0 Å². The number of amides is 1. The minimum atomic E-state index is -0.633. The van der Waals surface area contributed by atoms with E-state index in [2.05, 4.69) is 6.58 Å². The van der Waals surface area contributed by atoms with Crippen LogP contribution in [0, 0.1) is 0 Å². The fraction of sp³-hybridized carbons (Fsp3) is 0.500. The Bertz CT molecular complexity index is 107. The van der Waals surface area contributed by atoms with Gasteiger partial charge in [-0.3, -0.25) is 10.5 Å². The van der Waals surface area contributed by atoms with Crippen LogP contribution in [-0.2, 0) is 4.79 Å². The molecular weight excluding hydrogens is 102 g/mol. The Hall–Kier alpha value is -0.790. The first kappa shape index (κ1) is 7.21. The molecule has 8 heavy (non-hydrogen) atoms. The van der Waals surface area contributed by atoms with Crippen LogP contribution in [0.5, 0.6) is 0 Å². The molecule has 0 aromatic carbocycles. The lowest BCUT2D eigenvalue weighted by Gasteiger charge is -1.92. The maximum atomic E-state index is 10.1. The Labute approximate surface area is 49.4 Å². The lowest BCUT2D eigenvalue weighted by Crippen LogP contribution is -2.00. The Morgan fingerprint density at radius 1 is 1.75 bits per heavy atom. The van der Waals surface area contributed by atoms with Crippen LogP contribution in [0.25, 0.3) is 0 Å². The van der Waals surface area contributed by atoms with E-state index in [0.717, 1.165) is 6.42 Å². The quantitative estimate of drug-likeness (QED) is 0.505. The van der Waals surface area contributed by atoms with Gasteiger partial charge in [-0.15, -0.1) is 0 Å². The van der Waals surface area contributed by atoms with E-state index in [-0.39, 0.29) is 0 Å². The van der Waals surface area contributed by atoms with Gasteiger partial charge >= 0.3 is 0 Å². The summed E-state index contributed by atoms with van der Waals surface area (Å²) in [5.41, 5.74) is 6.96. The van der Waals surface area contributed by atoms with Gasteiger partial charge in [0.2, 0.25) is 0 Å². The Balaban J connectivity index is 3.49. The number of carbonyl (C=O) groups is 1. The molecule has 0 unspecified atom stereocenters. The Morgan fingerprint density at radius 3 is 2.38 bits per heavy atom. The van der Waals surface area contributed by atoms with Gasteiger partial charge in [0.15, 0.2) is 0 Å². The molecule has 0 saturated carbocycles. The van der Waals surface area contributed by atoms with E-state index in [9.17, 15) is 4.79 Å². The van der Waals surface area contributed by atoms with Crippen LogP contribution in [0.4, 0.5) is 0 Å².